The number of carbonyl (C=O) groups excluding carboxylic acids is 1. The van der Waals surface area contributed by atoms with Crippen LogP contribution in [0.4, 0.5) is 0 Å². The molecule has 0 aromatic rings. The summed E-state index contributed by atoms with van der Waals surface area (Å²) in [6, 6.07) is 0.845. The van der Waals surface area contributed by atoms with Crippen molar-refractivity contribution in [3.05, 3.63) is 0 Å². The van der Waals surface area contributed by atoms with Crippen molar-refractivity contribution in [1.29, 1.82) is 0 Å². The zero-order valence-electron chi connectivity index (χ0n) is 10.3. The lowest BCUT2D eigenvalue weighted by molar-refractivity contribution is -0.137. The summed E-state index contributed by atoms with van der Waals surface area (Å²) in [5.41, 5.74) is 0. The second-order valence-electron chi connectivity index (χ2n) is 4.59. The first-order valence-corrected chi connectivity index (χ1v) is 5.73. The molecule has 0 aliphatic carbocycles. The van der Waals surface area contributed by atoms with Crippen LogP contribution in [0.2, 0.25) is 0 Å². The molecule has 1 fully saturated rings. The lowest BCUT2D eigenvalue weighted by atomic mass is 10.2. The Kier molecular flexibility index (Phi) is 4.54. The van der Waals surface area contributed by atoms with E-state index in [1.54, 1.807) is 0 Å². The Bertz CT molecular complexity index is 218. The van der Waals surface area contributed by atoms with Crippen LogP contribution in [-0.4, -0.2) is 61.0 Å². The normalized spacial score (nSPS) is 21.1. The third kappa shape index (κ3) is 3.47. The van der Waals surface area contributed by atoms with Crippen molar-refractivity contribution >= 4 is 5.91 Å². The van der Waals surface area contributed by atoms with E-state index < -0.39 is 0 Å². The highest BCUT2D eigenvalue weighted by molar-refractivity contribution is 5.79. The minimum atomic E-state index is 0.261. The van der Waals surface area contributed by atoms with E-state index in [2.05, 4.69) is 31.0 Å². The summed E-state index contributed by atoms with van der Waals surface area (Å²) in [6.45, 7) is 9.64. The number of piperazine rings is 1. The van der Waals surface area contributed by atoms with Crippen LogP contribution in [0.15, 0.2) is 0 Å². The van der Waals surface area contributed by atoms with Gasteiger partial charge in [-0.2, -0.15) is 0 Å². The first-order valence-electron chi connectivity index (χ1n) is 5.73. The minimum absolute atomic E-state index is 0.261. The van der Waals surface area contributed by atoms with Gasteiger partial charge in [-0.05, 0) is 27.8 Å². The average Bonchev–Trinajstić information content (AvgIpc) is 2.20. The van der Waals surface area contributed by atoms with Crippen molar-refractivity contribution in [2.45, 2.75) is 32.9 Å². The largest absolute Gasteiger partial charge is 0.339 e. The first kappa shape index (κ1) is 12.5. The molecular formula is C11H23N3O. The van der Waals surface area contributed by atoms with Gasteiger partial charge < -0.3 is 10.2 Å². The number of nitrogens with zero attached hydrogens (tertiary/aromatic N) is 2. The standard InChI is InChI=1S/C11H23N3O/c1-9(2)13-5-6-14(11(15)8-13)7-10(3)12-4/h9-10,12H,5-8H2,1-4H3. The molecule has 0 bridgehead atoms. The van der Waals surface area contributed by atoms with Crippen molar-refractivity contribution in [2.24, 2.45) is 0 Å². The second kappa shape index (κ2) is 5.47. The number of amides is 1. The minimum Gasteiger partial charge on any atom is -0.339 e. The van der Waals surface area contributed by atoms with Crippen LogP contribution in [0, 0.1) is 0 Å². The Morgan fingerprint density at radius 3 is 2.47 bits per heavy atom. The van der Waals surface area contributed by atoms with Gasteiger partial charge in [0.1, 0.15) is 0 Å². The summed E-state index contributed by atoms with van der Waals surface area (Å²) in [4.78, 5) is 16.0. The molecule has 4 nitrogen and oxygen atoms in total. The van der Waals surface area contributed by atoms with Gasteiger partial charge in [0.05, 0.1) is 6.54 Å². The summed E-state index contributed by atoms with van der Waals surface area (Å²) < 4.78 is 0. The van der Waals surface area contributed by atoms with Crippen LogP contribution >= 0.6 is 0 Å². The van der Waals surface area contributed by atoms with E-state index >= 15 is 0 Å². The van der Waals surface area contributed by atoms with Gasteiger partial charge in [0.25, 0.3) is 0 Å². The number of hydrogen-bond acceptors (Lipinski definition) is 3. The highest BCUT2D eigenvalue weighted by Crippen LogP contribution is 2.07. The van der Waals surface area contributed by atoms with E-state index in [-0.39, 0.29) is 5.91 Å². The molecule has 0 radical (unpaired) electrons. The number of carbonyl (C=O) groups is 1. The Morgan fingerprint density at radius 2 is 2.00 bits per heavy atom. The monoisotopic (exact) mass is 213 g/mol. The predicted octanol–water partition coefficient (Wildman–Crippen LogP) is 0.147. The molecule has 4 heteroatoms. The lowest BCUT2D eigenvalue weighted by Gasteiger charge is -2.37. The molecule has 1 heterocycles. The van der Waals surface area contributed by atoms with Crippen molar-refractivity contribution in [1.82, 2.24) is 15.1 Å². The van der Waals surface area contributed by atoms with Crippen LogP contribution in [-0.2, 0) is 4.79 Å². The van der Waals surface area contributed by atoms with Gasteiger partial charge in [-0.15, -0.1) is 0 Å². The summed E-state index contributed by atoms with van der Waals surface area (Å²) in [7, 11) is 1.93. The molecular weight excluding hydrogens is 190 g/mol. The Balaban J connectivity index is 2.42. The molecule has 1 saturated heterocycles. The van der Waals surface area contributed by atoms with Gasteiger partial charge in [-0.1, -0.05) is 0 Å². The first-order chi connectivity index (χ1) is 7.04. The zero-order chi connectivity index (χ0) is 11.4. The molecule has 1 N–H and O–H groups in total. The molecule has 88 valence electrons. The molecule has 0 aromatic heterocycles. The van der Waals surface area contributed by atoms with E-state index in [0.717, 1.165) is 19.6 Å². The van der Waals surface area contributed by atoms with Crippen LogP contribution in [0.25, 0.3) is 0 Å². The van der Waals surface area contributed by atoms with Crippen molar-refractivity contribution in [2.75, 3.05) is 33.2 Å². The SMILES string of the molecule is CNC(C)CN1CCN(C(C)C)CC1=O. The van der Waals surface area contributed by atoms with Gasteiger partial charge in [0.2, 0.25) is 5.91 Å². The van der Waals surface area contributed by atoms with E-state index in [0.29, 0.717) is 18.6 Å². The predicted molar refractivity (Wildman–Crippen MR) is 61.8 cm³/mol. The molecule has 1 unspecified atom stereocenters. The summed E-state index contributed by atoms with van der Waals surface area (Å²) in [5.74, 6) is 0.261. The van der Waals surface area contributed by atoms with E-state index in [1.165, 1.54) is 0 Å². The Hall–Kier alpha value is -0.610. The van der Waals surface area contributed by atoms with Crippen molar-refractivity contribution < 1.29 is 4.79 Å². The van der Waals surface area contributed by atoms with Gasteiger partial charge >= 0.3 is 0 Å². The molecule has 15 heavy (non-hydrogen) atoms. The fraction of sp³-hybridized carbons (Fsp3) is 0.909. The molecule has 1 amide bonds. The van der Waals surface area contributed by atoms with Gasteiger partial charge in [-0.3, -0.25) is 9.69 Å². The molecule has 1 aliphatic rings. The summed E-state index contributed by atoms with van der Waals surface area (Å²) >= 11 is 0. The van der Waals surface area contributed by atoms with E-state index in [1.807, 2.05) is 11.9 Å². The van der Waals surface area contributed by atoms with Crippen molar-refractivity contribution in [3.8, 4) is 0 Å². The van der Waals surface area contributed by atoms with Crippen LogP contribution in [0.3, 0.4) is 0 Å². The number of hydrogen-bond donors (Lipinski definition) is 1. The van der Waals surface area contributed by atoms with Crippen LogP contribution < -0.4 is 5.32 Å². The van der Waals surface area contributed by atoms with Gasteiger partial charge in [0.15, 0.2) is 0 Å². The highest BCUT2D eigenvalue weighted by Gasteiger charge is 2.25. The summed E-state index contributed by atoms with van der Waals surface area (Å²) in [6.07, 6.45) is 0. The van der Waals surface area contributed by atoms with Crippen LogP contribution in [0.5, 0.6) is 0 Å². The molecule has 1 aliphatic heterocycles. The lowest BCUT2D eigenvalue weighted by Crippen LogP contribution is -2.54. The topological polar surface area (TPSA) is 35.6 Å². The smallest absolute Gasteiger partial charge is 0.236 e. The average molecular weight is 213 g/mol. The highest BCUT2D eigenvalue weighted by atomic mass is 16.2. The molecule has 1 atom stereocenters. The summed E-state index contributed by atoms with van der Waals surface area (Å²) in [5, 5.41) is 3.16. The maximum atomic E-state index is 11.8. The third-order valence-electron chi connectivity index (χ3n) is 3.07. The molecule has 1 rings (SSSR count). The fourth-order valence-corrected chi connectivity index (χ4v) is 1.78. The van der Waals surface area contributed by atoms with E-state index in [9.17, 15) is 4.79 Å². The number of rotatable bonds is 4. The maximum Gasteiger partial charge on any atom is 0.236 e. The van der Waals surface area contributed by atoms with E-state index in [4.69, 9.17) is 0 Å². The number of likely N-dealkylation sites (N-methyl/N-ethyl adjacent to an activating group) is 1. The Labute approximate surface area is 92.6 Å². The molecule has 0 aromatic carbocycles. The van der Waals surface area contributed by atoms with Gasteiger partial charge in [-0.25, -0.2) is 0 Å². The molecule has 0 saturated carbocycles. The van der Waals surface area contributed by atoms with Crippen LogP contribution in [0.1, 0.15) is 20.8 Å². The maximum absolute atomic E-state index is 11.8. The van der Waals surface area contributed by atoms with Gasteiger partial charge in [0, 0.05) is 31.7 Å². The molecule has 0 spiro atoms. The number of nitrogens with one attached hydrogen (secondary N) is 1. The fourth-order valence-electron chi connectivity index (χ4n) is 1.78. The quantitative estimate of drug-likeness (QED) is 0.722. The third-order valence-corrected chi connectivity index (χ3v) is 3.07. The second-order valence-corrected chi connectivity index (χ2v) is 4.59. The zero-order valence-corrected chi connectivity index (χ0v) is 10.3. The Morgan fingerprint density at radius 1 is 1.33 bits per heavy atom. The van der Waals surface area contributed by atoms with Crippen molar-refractivity contribution in [3.63, 3.8) is 0 Å².